The van der Waals surface area contributed by atoms with E-state index in [0.29, 0.717) is 35.9 Å². The Kier molecular flexibility index (Phi) is 6.01. The Morgan fingerprint density at radius 1 is 1.28 bits per heavy atom. The van der Waals surface area contributed by atoms with Gasteiger partial charge >= 0.3 is 0 Å². The fourth-order valence-corrected chi connectivity index (χ4v) is 4.15. The van der Waals surface area contributed by atoms with Gasteiger partial charge in [0.15, 0.2) is 0 Å². The van der Waals surface area contributed by atoms with Crippen LogP contribution in [0.3, 0.4) is 0 Å². The molecule has 0 spiro atoms. The minimum absolute atomic E-state index is 0.236. The van der Waals surface area contributed by atoms with Crippen molar-refractivity contribution < 1.29 is 19.5 Å². The summed E-state index contributed by atoms with van der Waals surface area (Å²) in [5.41, 5.74) is 10.0. The van der Waals surface area contributed by atoms with E-state index in [2.05, 4.69) is 4.98 Å². The van der Waals surface area contributed by atoms with Crippen molar-refractivity contribution in [3.63, 3.8) is 0 Å². The number of carbonyl (C=O) groups is 2. The third kappa shape index (κ3) is 4.25. The number of aryl methyl sites for hydroxylation is 1. The maximum Gasteiger partial charge on any atom is 0.262 e. The molecule has 1 aliphatic rings. The number of benzene rings is 2. The topological polar surface area (TPSA) is 118 Å². The maximum atomic E-state index is 12.7. The molecule has 3 aromatic rings. The number of halogens is 1. The van der Waals surface area contributed by atoms with E-state index in [0.717, 1.165) is 22.2 Å². The van der Waals surface area contributed by atoms with Crippen LogP contribution in [0, 0.1) is 6.92 Å². The number of likely N-dealkylation sites (tertiary alicyclic amines) is 1. The molecular formula is C23H23ClN4O4. The molecule has 1 atom stereocenters. The summed E-state index contributed by atoms with van der Waals surface area (Å²) in [5, 5.41) is 10.3. The third-order valence-corrected chi connectivity index (χ3v) is 5.89. The van der Waals surface area contributed by atoms with Gasteiger partial charge in [-0.05, 0) is 49.2 Å². The third-order valence-electron chi connectivity index (χ3n) is 5.65. The molecule has 0 aliphatic carbocycles. The first-order chi connectivity index (χ1) is 15.3. The van der Waals surface area contributed by atoms with Crippen LogP contribution < -0.4 is 16.0 Å². The number of pyridine rings is 1. The molecule has 1 saturated heterocycles. The van der Waals surface area contributed by atoms with Crippen molar-refractivity contribution in [3.05, 3.63) is 70.4 Å². The second-order valence-electron chi connectivity index (χ2n) is 7.88. The van der Waals surface area contributed by atoms with Gasteiger partial charge in [-0.1, -0.05) is 29.8 Å². The number of rotatable bonds is 6. The Morgan fingerprint density at radius 3 is 2.75 bits per heavy atom. The number of fused-ring (bicyclic) bond motifs is 1. The highest BCUT2D eigenvalue weighted by Gasteiger charge is 2.45. The molecule has 4 N–H and O–H groups in total. The summed E-state index contributed by atoms with van der Waals surface area (Å²) < 4.78 is 5.97. The molecule has 0 saturated carbocycles. The number of hydrogen-bond acceptors (Lipinski definition) is 6. The molecule has 8 nitrogen and oxygen atoms in total. The Hall–Kier alpha value is -3.20. The van der Waals surface area contributed by atoms with Crippen LogP contribution in [-0.2, 0) is 21.7 Å². The zero-order chi connectivity index (χ0) is 22.9. The Bertz CT molecular complexity index is 1180. The van der Waals surface area contributed by atoms with E-state index in [1.165, 1.54) is 10.4 Å². The van der Waals surface area contributed by atoms with Gasteiger partial charge in [0.25, 0.3) is 5.91 Å². The first-order valence-corrected chi connectivity index (χ1v) is 10.5. The van der Waals surface area contributed by atoms with Gasteiger partial charge in [0, 0.05) is 28.2 Å². The van der Waals surface area contributed by atoms with Crippen molar-refractivity contribution in [2.24, 2.45) is 5.73 Å². The minimum Gasteiger partial charge on any atom is -0.489 e. The predicted molar refractivity (Wildman–Crippen MR) is 119 cm³/mol. The highest BCUT2D eigenvalue weighted by Crippen LogP contribution is 2.32. The van der Waals surface area contributed by atoms with E-state index in [-0.39, 0.29) is 12.5 Å². The van der Waals surface area contributed by atoms with E-state index < -0.39 is 11.4 Å². The number of nitrogens with one attached hydrogen (secondary N) is 1. The molecule has 32 heavy (non-hydrogen) atoms. The number of hydrogen-bond donors (Lipinski definition) is 3. The summed E-state index contributed by atoms with van der Waals surface area (Å²) in [6, 6.07) is 14.6. The quantitative estimate of drug-likeness (QED) is 0.389. The number of hydroxylamine groups is 1. The normalized spacial score (nSPS) is 18.2. The van der Waals surface area contributed by atoms with Gasteiger partial charge in [0.2, 0.25) is 5.91 Å². The molecule has 1 aliphatic heterocycles. The molecular weight excluding hydrogens is 432 g/mol. The lowest BCUT2D eigenvalue weighted by molar-refractivity contribution is -0.139. The van der Waals surface area contributed by atoms with Crippen molar-refractivity contribution in [1.82, 2.24) is 15.4 Å². The van der Waals surface area contributed by atoms with Crippen molar-refractivity contribution in [2.45, 2.75) is 25.5 Å². The molecule has 9 heteroatoms. The second kappa shape index (κ2) is 8.74. The van der Waals surface area contributed by atoms with Crippen LogP contribution in [0.15, 0.2) is 48.5 Å². The van der Waals surface area contributed by atoms with E-state index in [4.69, 9.17) is 27.3 Å². The molecule has 2 aromatic carbocycles. The van der Waals surface area contributed by atoms with Gasteiger partial charge in [-0.2, -0.15) is 0 Å². The van der Waals surface area contributed by atoms with Crippen molar-refractivity contribution >= 4 is 34.3 Å². The van der Waals surface area contributed by atoms with Crippen LogP contribution in [0.5, 0.6) is 5.75 Å². The van der Waals surface area contributed by atoms with Crippen LogP contribution in [0.2, 0.25) is 5.02 Å². The molecule has 0 radical (unpaired) electrons. The second-order valence-corrected chi connectivity index (χ2v) is 8.32. The zero-order valence-corrected chi connectivity index (χ0v) is 18.2. The van der Waals surface area contributed by atoms with E-state index >= 15 is 0 Å². The molecule has 0 bridgehead atoms. The summed E-state index contributed by atoms with van der Waals surface area (Å²) in [4.78, 5) is 30.0. The summed E-state index contributed by atoms with van der Waals surface area (Å²) in [6.07, 6.45) is 0.371. The summed E-state index contributed by atoms with van der Waals surface area (Å²) in [6.45, 7) is 2.36. The first-order valence-electron chi connectivity index (χ1n) is 10.1. The number of aromatic nitrogens is 1. The lowest BCUT2D eigenvalue weighted by Gasteiger charge is -2.23. The van der Waals surface area contributed by atoms with Gasteiger partial charge < -0.3 is 15.4 Å². The van der Waals surface area contributed by atoms with Gasteiger partial charge in [-0.3, -0.25) is 19.8 Å². The Labute approximate surface area is 189 Å². The number of amides is 2. The van der Waals surface area contributed by atoms with Gasteiger partial charge in [0.05, 0.1) is 5.52 Å². The summed E-state index contributed by atoms with van der Waals surface area (Å²) in [5.74, 6) is -0.379. The number of carbonyl (C=O) groups excluding carboxylic acids is 2. The van der Waals surface area contributed by atoms with Crippen molar-refractivity contribution in [1.29, 1.82) is 0 Å². The van der Waals surface area contributed by atoms with E-state index in [1.807, 2.05) is 31.2 Å². The predicted octanol–water partition coefficient (Wildman–Crippen LogP) is 2.67. The number of ether oxygens (including phenoxy) is 1. The maximum absolute atomic E-state index is 12.7. The number of nitrogens with two attached hydrogens (primary N) is 1. The van der Waals surface area contributed by atoms with Crippen molar-refractivity contribution in [3.8, 4) is 5.75 Å². The smallest absolute Gasteiger partial charge is 0.262 e. The average Bonchev–Trinajstić information content (AvgIpc) is 3.06. The standard InChI is InChI=1S/C23H23ClN4O4/c1-14-10-15(19-7-4-17(24)11-20(19)26-14)13-32-18-5-2-16(3-6-18)23(25)8-9-28(22(23)30)12-21(29)27-31/h2-7,10-11,31H,8-9,12-13,25H2,1H3,(H,27,29). The monoisotopic (exact) mass is 454 g/mol. The van der Waals surface area contributed by atoms with Crippen LogP contribution in [0.25, 0.3) is 10.9 Å². The molecule has 4 rings (SSSR count). The van der Waals surface area contributed by atoms with Gasteiger partial charge in [-0.15, -0.1) is 0 Å². The Morgan fingerprint density at radius 2 is 2.03 bits per heavy atom. The molecule has 1 fully saturated rings. The molecule has 1 aromatic heterocycles. The van der Waals surface area contributed by atoms with E-state index in [9.17, 15) is 9.59 Å². The fraction of sp³-hybridized carbons (Fsp3) is 0.261. The lowest BCUT2D eigenvalue weighted by atomic mass is 9.89. The highest BCUT2D eigenvalue weighted by atomic mass is 35.5. The van der Waals surface area contributed by atoms with Gasteiger partial charge in [0.1, 0.15) is 24.4 Å². The van der Waals surface area contributed by atoms with Crippen molar-refractivity contribution in [2.75, 3.05) is 13.1 Å². The number of nitrogens with zero attached hydrogens (tertiary/aromatic N) is 2. The van der Waals surface area contributed by atoms with Crippen LogP contribution in [0.4, 0.5) is 0 Å². The largest absolute Gasteiger partial charge is 0.489 e. The summed E-state index contributed by atoms with van der Waals surface area (Å²) in [7, 11) is 0. The van der Waals surface area contributed by atoms with Gasteiger partial charge in [-0.25, -0.2) is 5.48 Å². The van der Waals surface area contributed by atoms with E-state index in [1.54, 1.807) is 24.3 Å². The first kappa shape index (κ1) is 22.0. The zero-order valence-electron chi connectivity index (χ0n) is 17.5. The Balaban J connectivity index is 1.48. The SMILES string of the molecule is Cc1cc(COc2ccc(C3(N)CCN(CC(=O)NO)C3=O)cc2)c2ccc(Cl)cc2n1. The molecule has 2 heterocycles. The van der Waals surface area contributed by atoms with Crippen LogP contribution >= 0.6 is 11.6 Å². The highest BCUT2D eigenvalue weighted by molar-refractivity contribution is 6.31. The molecule has 1 unspecified atom stereocenters. The molecule has 2 amide bonds. The average molecular weight is 455 g/mol. The van der Waals surface area contributed by atoms with Crippen LogP contribution in [-0.4, -0.2) is 40.0 Å². The van der Waals surface area contributed by atoms with Crippen LogP contribution in [0.1, 0.15) is 23.2 Å². The minimum atomic E-state index is -1.22. The summed E-state index contributed by atoms with van der Waals surface area (Å²) >= 11 is 6.09. The molecule has 166 valence electrons. The fourth-order valence-electron chi connectivity index (χ4n) is 3.98. The lowest BCUT2D eigenvalue weighted by Crippen LogP contribution is -2.47.